The second-order valence-electron chi connectivity index (χ2n) is 5.29. The molecule has 0 spiro atoms. The molecule has 1 heterocycles. The molecule has 0 bridgehead atoms. The SMILES string of the molecule is CC1CC(=O)c2cc(F)ccc2N1C(=O)c1ccccc1F. The Bertz CT molecular complexity index is 773. The summed E-state index contributed by atoms with van der Waals surface area (Å²) < 4.78 is 27.2. The van der Waals surface area contributed by atoms with E-state index >= 15 is 0 Å². The van der Waals surface area contributed by atoms with E-state index in [1.807, 2.05) is 0 Å². The van der Waals surface area contributed by atoms with E-state index in [1.54, 1.807) is 13.0 Å². The van der Waals surface area contributed by atoms with Gasteiger partial charge in [0.2, 0.25) is 0 Å². The quantitative estimate of drug-likeness (QED) is 0.807. The lowest BCUT2D eigenvalue weighted by atomic mass is 9.94. The third kappa shape index (κ3) is 2.28. The summed E-state index contributed by atoms with van der Waals surface area (Å²) in [7, 11) is 0. The van der Waals surface area contributed by atoms with Gasteiger partial charge in [0.1, 0.15) is 11.6 Å². The number of rotatable bonds is 1. The number of fused-ring (bicyclic) bond motifs is 1. The van der Waals surface area contributed by atoms with Crippen molar-refractivity contribution in [1.82, 2.24) is 0 Å². The number of hydrogen-bond donors (Lipinski definition) is 0. The molecule has 5 heteroatoms. The maximum atomic E-state index is 13.9. The van der Waals surface area contributed by atoms with Crippen LogP contribution in [0.4, 0.5) is 14.5 Å². The highest BCUT2D eigenvalue weighted by molar-refractivity contribution is 6.14. The van der Waals surface area contributed by atoms with E-state index in [0.29, 0.717) is 5.69 Å². The number of carbonyl (C=O) groups excluding carboxylic acids is 2. The Morgan fingerprint density at radius 1 is 1.18 bits per heavy atom. The maximum Gasteiger partial charge on any atom is 0.261 e. The number of halogens is 2. The highest BCUT2D eigenvalue weighted by Crippen LogP contribution is 2.32. The lowest BCUT2D eigenvalue weighted by Crippen LogP contribution is -2.44. The largest absolute Gasteiger partial charge is 0.304 e. The van der Waals surface area contributed by atoms with Gasteiger partial charge < -0.3 is 4.90 Å². The summed E-state index contributed by atoms with van der Waals surface area (Å²) >= 11 is 0. The molecule has 0 fully saturated rings. The van der Waals surface area contributed by atoms with Gasteiger partial charge in [0.15, 0.2) is 5.78 Å². The lowest BCUT2D eigenvalue weighted by molar-refractivity contribution is 0.0934. The van der Waals surface area contributed by atoms with Crippen molar-refractivity contribution in [3.63, 3.8) is 0 Å². The van der Waals surface area contributed by atoms with Crippen LogP contribution >= 0.6 is 0 Å². The fourth-order valence-corrected chi connectivity index (χ4v) is 2.72. The molecule has 1 aliphatic rings. The highest BCUT2D eigenvalue weighted by atomic mass is 19.1. The molecule has 1 aliphatic heterocycles. The van der Waals surface area contributed by atoms with Crippen molar-refractivity contribution in [3.8, 4) is 0 Å². The van der Waals surface area contributed by atoms with Crippen LogP contribution in [-0.2, 0) is 0 Å². The summed E-state index contributed by atoms with van der Waals surface area (Å²) in [5.74, 6) is -1.93. The summed E-state index contributed by atoms with van der Waals surface area (Å²) in [6.45, 7) is 1.71. The van der Waals surface area contributed by atoms with Crippen LogP contribution in [0.25, 0.3) is 0 Å². The number of nitrogens with zero attached hydrogens (tertiary/aromatic N) is 1. The van der Waals surface area contributed by atoms with Crippen LogP contribution in [0.3, 0.4) is 0 Å². The predicted octanol–water partition coefficient (Wildman–Crippen LogP) is 3.59. The Labute approximate surface area is 126 Å². The fraction of sp³-hybridized carbons (Fsp3) is 0.176. The highest BCUT2D eigenvalue weighted by Gasteiger charge is 2.34. The van der Waals surface area contributed by atoms with Gasteiger partial charge in [-0.2, -0.15) is 0 Å². The van der Waals surface area contributed by atoms with Gasteiger partial charge in [-0.1, -0.05) is 12.1 Å². The van der Waals surface area contributed by atoms with Crippen LogP contribution < -0.4 is 4.90 Å². The zero-order chi connectivity index (χ0) is 15.9. The maximum absolute atomic E-state index is 13.9. The monoisotopic (exact) mass is 301 g/mol. The average molecular weight is 301 g/mol. The molecule has 0 aliphatic carbocycles. The first-order chi connectivity index (χ1) is 10.5. The normalized spacial score (nSPS) is 17.3. The van der Waals surface area contributed by atoms with Gasteiger partial charge in [0.25, 0.3) is 5.91 Å². The molecule has 3 nitrogen and oxygen atoms in total. The minimum atomic E-state index is -0.625. The number of benzene rings is 2. The minimum Gasteiger partial charge on any atom is -0.304 e. The van der Waals surface area contributed by atoms with Gasteiger partial charge in [-0.15, -0.1) is 0 Å². The summed E-state index contributed by atoms with van der Waals surface area (Å²) in [5.41, 5.74) is 0.403. The summed E-state index contributed by atoms with van der Waals surface area (Å²) in [6, 6.07) is 8.94. The van der Waals surface area contributed by atoms with Crippen molar-refractivity contribution in [1.29, 1.82) is 0 Å². The third-order valence-electron chi connectivity index (χ3n) is 3.76. The first-order valence-electron chi connectivity index (χ1n) is 6.90. The molecule has 0 saturated heterocycles. The molecule has 0 N–H and O–H groups in total. The van der Waals surface area contributed by atoms with Gasteiger partial charge in [-0.05, 0) is 37.3 Å². The summed E-state index contributed by atoms with van der Waals surface area (Å²) in [5, 5.41) is 0. The number of ketones is 1. The average Bonchev–Trinajstić information content (AvgIpc) is 2.48. The number of Topliss-reactive ketones (excluding diaryl/α,β-unsaturated/α-hetero) is 1. The Morgan fingerprint density at radius 2 is 1.91 bits per heavy atom. The molecule has 1 amide bonds. The van der Waals surface area contributed by atoms with Gasteiger partial charge in [-0.25, -0.2) is 8.78 Å². The number of hydrogen-bond acceptors (Lipinski definition) is 2. The van der Waals surface area contributed by atoms with E-state index < -0.39 is 23.6 Å². The molecular weight excluding hydrogens is 288 g/mol. The van der Waals surface area contributed by atoms with E-state index in [9.17, 15) is 18.4 Å². The van der Waals surface area contributed by atoms with E-state index in [2.05, 4.69) is 0 Å². The van der Waals surface area contributed by atoms with Crippen LogP contribution in [0.2, 0.25) is 0 Å². The molecule has 3 rings (SSSR count). The van der Waals surface area contributed by atoms with Gasteiger partial charge >= 0.3 is 0 Å². The van der Waals surface area contributed by atoms with E-state index in [0.717, 1.165) is 6.07 Å². The van der Waals surface area contributed by atoms with E-state index in [-0.39, 0.29) is 23.3 Å². The molecule has 22 heavy (non-hydrogen) atoms. The van der Waals surface area contributed by atoms with Crippen LogP contribution in [0.1, 0.15) is 34.1 Å². The Morgan fingerprint density at radius 3 is 2.64 bits per heavy atom. The second-order valence-corrected chi connectivity index (χ2v) is 5.29. The van der Waals surface area contributed by atoms with Crippen LogP contribution in [-0.4, -0.2) is 17.7 Å². The first-order valence-corrected chi connectivity index (χ1v) is 6.90. The van der Waals surface area contributed by atoms with Crippen LogP contribution in [0.15, 0.2) is 42.5 Å². The summed E-state index contributed by atoms with van der Waals surface area (Å²) in [4.78, 5) is 26.1. The van der Waals surface area contributed by atoms with Crippen molar-refractivity contribution in [2.75, 3.05) is 4.90 Å². The predicted molar refractivity (Wildman–Crippen MR) is 78.0 cm³/mol. The van der Waals surface area contributed by atoms with Crippen molar-refractivity contribution in [2.24, 2.45) is 0 Å². The topological polar surface area (TPSA) is 37.4 Å². The molecule has 0 saturated carbocycles. The number of amides is 1. The van der Waals surface area contributed by atoms with Crippen LogP contribution in [0, 0.1) is 11.6 Å². The van der Waals surface area contributed by atoms with E-state index in [1.165, 1.54) is 35.2 Å². The Balaban J connectivity index is 2.11. The molecule has 0 aromatic heterocycles. The second kappa shape index (κ2) is 5.33. The molecule has 2 aromatic rings. The zero-order valence-corrected chi connectivity index (χ0v) is 11.8. The van der Waals surface area contributed by atoms with Crippen LogP contribution in [0.5, 0.6) is 0 Å². The molecule has 1 atom stereocenters. The third-order valence-corrected chi connectivity index (χ3v) is 3.76. The Hall–Kier alpha value is -2.56. The molecule has 1 unspecified atom stereocenters. The molecular formula is C17H13F2NO2. The van der Waals surface area contributed by atoms with Crippen molar-refractivity contribution in [2.45, 2.75) is 19.4 Å². The van der Waals surface area contributed by atoms with Crippen molar-refractivity contribution in [3.05, 3.63) is 65.2 Å². The van der Waals surface area contributed by atoms with Crippen molar-refractivity contribution >= 4 is 17.4 Å². The fourth-order valence-electron chi connectivity index (χ4n) is 2.72. The number of carbonyl (C=O) groups is 2. The molecule has 112 valence electrons. The standard InChI is InChI=1S/C17H13F2NO2/c1-10-8-16(21)13-9-11(18)6-7-15(13)20(10)17(22)12-4-2-3-5-14(12)19/h2-7,9-10H,8H2,1H3. The summed E-state index contributed by atoms with van der Waals surface area (Å²) in [6.07, 6.45) is 0.0800. The Kier molecular flexibility index (Phi) is 3.48. The molecule has 0 radical (unpaired) electrons. The minimum absolute atomic E-state index is 0.0704. The lowest BCUT2D eigenvalue weighted by Gasteiger charge is -2.34. The van der Waals surface area contributed by atoms with Gasteiger partial charge in [-0.3, -0.25) is 9.59 Å². The smallest absolute Gasteiger partial charge is 0.261 e. The zero-order valence-electron chi connectivity index (χ0n) is 11.8. The van der Waals surface area contributed by atoms with Gasteiger partial charge in [0, 0.05) is 18.0 Å². The number of anilines is 1. The first kappa shape index (κ1) is 14.4. The van der Waals surface area contributed by atoms with Gasteiger partial charge in [0.05, 0.1) is 11.3 Å². The van der Waals surface area contributed by atoms with E-state index in [4.69, 9.17) is 0 Å². The van der Waals surface area contributed by atoms with Crippen molar-refractivity contribution < 1.29 is 18.4 Å². The molecule has 2 aromatic carbocycles.